The first-order valence-corrected chi connectivity index (χ1v) is 11.0. The van der Waals surface area contributed by atoms with Crippen LogP contribution >= 0.6 is 35.0 Å². The maximum absolute atomic E-state index is 13.3. The van der Waals surface area contributed by atoms with Gasteiger partial charge in [-0.15, -0.1) is 0 Å². The van der Waals surface area contributed by atoms with Gasteiger partial charge in [0, 0.05) is 16.1 Å². The Balaban J connectivity index is 1.71. The molecule has 2 aliphatic rings. The van der Waals surface area contributed by atoms with Crippen LogP contribution in [0.1, 0.15) is 37.7 Å². The minimum atomic E-state index is 0.0117. The van der Waals surface area contributed by atoms with E-state index in [1.165, 1.54) is 18.2 Å². The summed E-state index contributed by atoms with van der Waals surface area (Å²) in [4.78, 5) is 20.6. The Labute approximate surface area is 179 Å². The van der Waals surface area contributed by atoms with Crippen molar-refractivity contribution in [2.45, 2.75) is 38.1 Å². The number of halogens is 2. The van der Waals surface area contributed by atoms with Gasteiger partial charge < -0.3 is 0 Å². The summed E-state index contributed by atoms with van der Waals surface area (Å²) in [5.41, 5.74) is 1.64. The fourth-order valence-corrected chi connectivity index (χ4v) is 5.11. The van der Waals surface area contributed by atoms with Crippen LogP contribution in [0, 0.1) is 0 Å². The second-order valence-electron chi connectivity index (χ2n) is 6.97. The third kappa shape index (κ3) is 4.29. The Morgan fingerprint density at radius 3 is 2.50 bits per heavy atom. The van der Waals surface area contributed by atoms with Gasteiger partial charge in [-0.3, -0.25) is 9.69 Å². The van der Waals surface area contributed by atoms with Crippen molar-refractivity contribution in [2.24, 2.45) is 4.99 Å². The van der Waals surface area contributed by atoms with E-state index in [0.717, 1.165) is 42.1 Å². The van der Waals surface area contributed by atoms with Gasteiger partial charge in [0.15, 0.2) is 5.17 Å². The lowest BCUT2D eigenvalue weighted by Gasteiger charge is -2.30. The summed E-state index contributed by atoms with van der Waals surface area (Å²) in [5.74, 6) is 0.0117. The zero-order chi connectivity index (χ0) is 19.5. The molecule has 0 spiro atoms. The van der Waals surface area contributed by atoms with Gasteiger partial charge in [-0.25, -0.2) is 4.99 Å². The smallest absolute Gasteiger partial charge is 0.267 e. The molecule has 0 radical (unpaired) electrons. The highest BCUT2D eigenvalue weighted by Crippen LogP contribution is 2.39. The van der Waals surface area contributed by atoms with Gasteiger partial charge in [0.2, 0.25) is 0 Å². The van der Waals surface area contributed by atoms with E-state index in [1.54, 1.807) is 12.1 Å². The van der Waals surface area contributed by atoms with E-state index in [2.05, 4.69) is 0 Å². The van der Waals surface area contributed by atoms with Crippen LogP contribution in [0.4, 0.5) is 5.69 Å². The summed E-state index contributed by atoms with van der Waals surface area (Å²) in [5, 5.41) is 1.86. The molecule has 2 aromatic rings. The quantitative estimate of drug-likeness (QED) is 0.494. The average Bonchev–Trinajstić information content (AvgIpc) is 3.00. The van der Waals surface area contributed by atoms with Gasteiger partial charge >= 0.3 is 0 Å². The van der Waals surface area contributed by atoms with Crippen LogP contribution in [0.25, 0.3) is 6.08 Å². The fourth-order valence-electron chi connectivity index (χ4n) is 3.60. The van der Waals surface area contributed by atoms with Crippen molar-refractivity contribution in [3.8, 4) is 0 Å². The summed E-state index contributed by atoms with van der Waals surface area (Å²) in [6, 6.07) is 15.3. The number of rotatable bonds is 3. The molecule has 0 bridgehead atoms. The zero-order valence-corrected chi connectivity index (χ0v) is 17.6. The van der Waals surface area contributed by atoms with Crippen LogP contribution in [-0.2, 0) is 4.79 Å². The van der Waals surface area contributed by atoms with E-state index < -0.39 is 0 Å². The lowest BCUT2D eigenvalue weighted by Crippen LogP contribution is -2.40. The second-order valence-corrected chi connectivity index (χ2v) is 8.83. The van der Waals surface area contributed by atoms with Crippen molar-refractivity contribution in [1.29, 1.82) is 0 Å². The zero-order valence-electron chi connectivity index (χ0n) is 15.3. The van der Waals surface area contributed by atoms with Gasteiger partial charge in [0.05, 0.1) is 10.6 Å². The lowest BCUT2D eigenvalue weighted by atomic mass is 9.94. The number of thioether (sulfide) groups is 1. The Kier molecular flexibility index (Phi) is 6.10. The summed E-state index contributed by atoms with van der Waals surface area (Å²) in [6.45, 7) is 0. The topological polar surface area (TPSA) is 32.7 Å². The van der Waals surface area contributed by atoms with Crippen LogP contribution in [0.3, 0.4) is 0 Å². The standard InChI is InChI=1S/C22H20Cl2N2OS/c23-16-12-11-15(19(24)14-16)13-20-21(27)26(18-9-5-2-6-10-18)22(28-20)25-17-7-3-1-4-8-17/h1,3-4,7-8,11-14,18H,2,5-6,9-10H2. The number of benzene rings is 2. The molecule has 1 aliphatic heterocycles. The molecule has 144 valence electrons. The predicted octanol–water partition coefficient (Wildman–Crippen LogP) is 6.93. The molecule has 6 heteroatoms. The molecule has 4 rings (SSSR count). The third-order valence-electron chi connectivity index (χ3n) is 5.01. The lowest BCUT2D eigenvalue weighted by molar-refractivity contribution is -0.124. The fraction of sp³-hybridized carbons (Fsp3) is 0.273. The summed E-state index contributed by atoms with van der Waals surface area (Å²) in [6.07, 6.45) is 7.43. The van der Waals surface area contributed by atoms with Gasteiger partial charge in [0.25, 0.3) is 5.91 Å². The first-order chi connectivity index (χ1) is 13.6. The Hall–Kier alpha value is -1.75. The molecule has 1 heterocycles. The second kappa shape index (κ2) is 8.73. The van der Waals surface area contributed by atoms with E-state index >= 15 is 0 Å². The molecule has 3 nitrogen and oxygen atoms in total. The molecule has 2 fully saturated rings. The van der Waals surface area contributed by atoms with E-state index in [-0.39, 0.29) is 11.9 Å². The summed E-state index contributed by atoms with van der Waals surface area (Å²) >= 11 is 13.7. The maximum Gasteiger partial charge on any atom is 0.267 e. The van der Waals surface area contributed by atoms with E-state index in [1.807, 2.05) is 47.4 Å². The molecule has 1 saturated carbocycles. The molecule has 0 atom stereocenters. The minimum Gasteiger partial charge on any atom is -0.283 e. The number of amidine groups is 1. The van der Waals surface area contributed by atoms with Crippen molar-refractivity contribution in [1.82, 2.24) is 4.90 Å². The molecule has 28 heavy (non-hydrogen) atoms. The monoisotopic (exact) mass is 430 g/mol. The van der Waals surface area contributed by atoms with Gasteiger partial charge in [0.1, 0.15) is 0 Å². The van der Waals surface area contributed by atoms with Crippen molar-refractivity contribution < 1.29 is 4.79 Å². The van der Waals surface area contributed by atoms with Gasteiger partial charge in [-0.05, 0) is 60.5 Å². The average molecular weight is 431 g/mol. The molecule has 1 amide bonds. The van der Waals surface area contributed by atoms with Crippen LogP contribution in [-0.4, -0.2) is 22.0 Å². The number of para-hydroxylation sites is 1. The predicted molar refractivity (Wildman–Crippen MR) is 119 cm³/mol. The first-order valence-electron chi connectivity index (χ1n) is 9.44. The highest BCUT2D eigenvalue weighted by molar-refractivity contribution is 8.18. The molecular weight excluding hydrogens is 411 g/mol. The minimum absolute atomic E-state index is 0.0117. The number of carbonyl (C=O) groups is 1. The maximum atomic E-state index is 13.3. The van der Waals surface area contributed by atoms with Crippen molar-refractivity contribution >= 4 is 57.8 Å². The molecule has 0 aromatic heterocycles. The number of hydrogen-bond acceptors (Lipinski definition) is 3. The number of hydrogen-bond donors (Lipinski definition) is 0. The molecule has 2 aromatic carbocycles. The van der Waals surface area contributed by atoms with Crippen LogP contribution < -0.4 is 0 Å². The summed E-state index contributed by atoms with van der Waals surface area (Å²) < 4.78 is 0. The molecular formula is C22H20Cl2N2OS. The van der Waals surface area contributed by atoms with Crippen LogP contribution in [0.2, 0.25) is 10.0 Å². The van der Waals surface area contributed by atoms with Crippen molar-refractivity contribution in [2.75, 3.05) is 0 Å². The SMILES string of the molecule is O=C1C(=Cc2ccc(Cl)cc2Cl)SC(=Nc2ccccc2)N1C1CCCCC1. The Bertz CT molecular complexity index is 937. The normalized spacial score (nSPS) is 21.1. The highest BCUT2D eigenvalue weighted by Gasteiger charge is 2.38. The van der Waals surface area contributed by atoms with Crippen LogP contribution in [0.5, 0.6) is 0 Å². The molecule has 0 unspecified atom stereocenters. The van der Waals surface area contributed by atoms with Crippen molar-refractivity contribution in [3.63, 3.8) is 0 Å². The van der Waals surface area contributed by atoms with E-state index in [4.69, 9.17) is 28.2 Å². The number of carbonyl (C=O) groups excluding carboxylic acids is 1. The first kappa shape index (κ1) is 19.6. The Morgan fingerprint density at radius 1 is 1.04 bits per heavy atom. The third-order valence-corrected chi connectivity index (χ3v) is 6.55. The number of amides is 1. The molecule has 1 aliphatic carbocycles. The molecule has 1 saturated heterocycles. The highest BCUT2D eigenvalue weighted by atomic mass is 35.5. The molecule has 0 N–H and O–H groups in total. The van der Waals surface area contributed by atoms with Crippen molar-refractivity contribution in [3.05, 3.63) is 69.0 Å². The summed E-state index contributed by atoms with van der Waals surface area (Å²) in [7, 11) is 0. The number of aliphatic imine (C=N–C) groups is 1. The largest absolute Gasteiger partial charge is 0.283 e. The Morgan fingerprint density at radius 2 is 1.79 bits per heavy atom. The van der Waals surface area contributed by atoms with E-state index in [9.17, 15) is 4.79 Å². The van der Waals surface area contributed by atoms with E-state index in [0.29, 0.717) is 15.0 Å². The van der Waals surface area contributed by atoms with Gasteiger partial charge in [-0.1, -0.05) is 66.7 Å². The van der Waals surface area contributed by atoms with Crippen LogP contribution in [0.15, 0.2) is 58.4 Å². The van der Waals surface area contributed by atoms with Gasteiger partial charge in [-0.2, -0.15) is 0 Å². The number of nitrogens with zero attached hydrogens (tertiary/aromatic N) is 2.